The van der Waals surface area contributed by atoms with Gasteiger partial charge in [0.15, 0.2) is 0 Å². The summed E-state index contributed by atoms with van der Waals surface area (Å²) in [7, 11) is 0. The molecule has 2 aliphatic heterocycles. The molecule has 0 amide bonds. The van der Waals surface area contributed by atoms with Crippen molar-refractivity contribution in [2.75, 3.05) is 31.6 Å². The van der Waals surface area contributed by atoms with Gasteiger partial charge in [0.1, 0.15) is 5.75 Å². The summed E-state index contributed by atoms with van der Waals surface area (Å²) >= 11 is 0. The van der Waals surface area contributed by atoms with Crippen molar-refractivity contribution in [3.63, 3.8) is 0 Å². The Morgan fingerprint density at radius 3 is 3.00 bits per heavy atom. The molecular weight excluding hydrogens is 224 g/mol. The Labute approximate surface area is 109 Å². The van der Waals surface area contributed by atoms with E-state index in [-0.39, 0.29) is 0 Å². The quantitative estimate of drug-likeness (QED) is 0.883. The summed E-state index contributed by atoms with van der Waals surface area (Å²) in [6.07, 6.45) is 2.60. The highest BCUT2D eigenvalue weighted by molar-refractivity contribution is 5.56. The topological polar surface area (TPSA) is 24.5 Å². The zero-order valence-electron chi connectivity index (χ0n) is 11.1. The Kier molecular flexibility index (Phi) is 3.41. The average Bonchev–Trinajstić information content (AvgIpc) is 2.78. The molecule has 2 saturated heterocycles. The fraction of sp³-hybridized carbons (Fsp3) is 0.600. The molecule has 0 aromatic heterocycles. The Morgan fingerprint density at radius 2 is 2.11 bits per heavy atom. The third kappa shape index (κ3) is 2.32. The van der Waals surface area contributed by atoms with E-state index in [9.17, 15) is 0 Å². The van der Waals surface area contributed by atoms with E-state index in [0.29, 0.717) is 6.04 Å². The summed E-state index contributed by atoms with van der Waals surface area (Å²) in [5.41, 5.74) is 1.16. The number of anilines is 1. The van der Waals surface area contributed by atoms with Crippen LogP contribution in [0.3, 0.4) is 0 Å². The molecule has 2 heterocycles. The molecule has 3 unspecified atom stereocenters. The van der Waals surface area contributed by atoms with Gasteiger partial charge in [-0.1, -0.05) is 12.1 Å². The molecule has 98 valence electrons. The molecule has 0 radical (unpaired) electrons. The number of nitrogens with one attached hydrogen (secondary N) is 1. The largest absolute Gasteiger partial charge is 0.492 e. The molecule has 0 spiro atoms. The van der Waals surface area contributed by atoms with Gasteiger partial charge in [-0.2, -0.15) is 0 Å². The van der Waals surface area contributed by atoms with Crippen LogP contribution in [0.25, 0.3) is 0 Å². The van der Waals surface area contributed by atoms with E-state index in [4.69, 9.17) is 4.74 Å². The van der Waals surface area contributed by atoms with Crippen LogP contribution in [0.15, 0.2) is 24.3 Å². The van der Waals surface area contributed by atoms with Crippen LogP contribution < -0.4 is 10.1 Å². The zero-order valence-corrected chi connectivity index (χ0v) is 11.1. The van der Waals surface area contributed by atoms with Crippen molar-refractivity contribution < 1.29 is 4.74 Å². The zero-order chi connectivity index (χ0) is 12.4. The number of hydrogen-bond donors (Lipinski definition) is 1. The van der Waals surface area contributed by atoms with Gasteiger partial charge >= 0.3 is 0 Å². The third-order valence-corrected chi connectivity index (χ3v) is 4.16. The van der Waals surface area contributed by atoms with Crippen LogP contribution in [0, 0.1) is 5.92 Å². The first-order chi connectivity index (χ1) is 8.86. The van der Waals surface area contributed by atoms with Crippen LogP contribution in [0.4, 0.5) is 5.69 Å². The van der Waals surface area contributed by atoms with Crippen LogP contribution in [-0.2, 0) is 0 Å². The molecule has 2 aliphatic rings. The van der Waals surface area contributed by atoms with E-state index in [2.05, 4.69) is 28.4 Å². The van der Waals surface area contributed by atoms with E-state index in [1.165, 1.54) is 32.5 Å². The van der Waals surface area contributed by atoms with Crippen LogP contribution >= 0.6 is 0 Å². The first kappa shape index (κ1) is 11.8. The normalized spacial score (nSPS) is 30.2. The first-order valence-electron chi connectivity index (χ1n) is 7.07. The summed E-state index contributed by atoms with van der Waals surface area (Å²) in [5.74, 6) is 1.80. The van der Waals surface area contributed by atoms with Crippen LogP contribution in [0.2, 0.25) is 0 Å². The second-order valence-electron chi connectivity index (χ2n) is 5.32. The second kappa shape index (κ2) is 5.19. The van der Waals surface area contributed by atoms with Gasteiger partial charge in [0.25, 0.3) is 0 Å². The molecule has 2 fully saturated rings. The maximum Gasteiger partial charge on any atom is 0.142 e. The van der Waals surface area contributed by atoms with Crippen molar-refractivity contribution in [2.45, 2.75) is 25.8 Å². The van der Waals surface area contributed by atoms with Gasteiger partial charge in [-0.15, -0.1) is 0 Å². The third-order valence-electron chi connectivity index (χ3n) is 4.16. The number of rotatable bonds is 4. The van der Waals surface area contributed by atoms with Gasteiger partial charge < -0.3 is 15.0 Å². The van der Waals surface area contributed by atoms with Crippen molar-refractivity contribution in [3.8, 4) is 5.75 Å². The van der Waals surface area contributed by atoms with E-state index in [0.717, 1.165) is 24.0 Å². The van der Waals surface area contributed by atoms with Crippen LogP contribution in [-0.4, -0.2) is 37.2 Å². The number of fused-ring (bicyclic) bond motifs is 2. The highest BCUT2D eigenvalue weighted by atomic mass is 16.5. The molecule has 3 rings (SSSR count). The summed E-state index contributed by atoms with van der Waals surface area (Å²) < 4.78 is 5.68. The lowest BCUT2D eigenvalue weighted by molar-refractivity contribution is 0.254. The minimum atomic E-state index is 0.616. The van der Waals surface area contributed by atoms with Gasteiger partial charge in [-0.25, -0.2) is 0 Å². The summed E-state index contributed by atoms with van der Waals surface area (Å²) in [4.78, 5) is 2.58. The average molecular weight is 246 g/mol. The molecule has 1 N–H and O–H groups in total. The Hall–Kier alpha value is -1.22. The highest BCUT2D eigenvalue weighted by Crippen LogP contribution is 2.32. The summed E-state index contributed by atoms with van der Waals surface area (Å²) in [5, 5.41) is 3.71. The number of nitrogens with zero attached hydrogens (tertiary/aromatic N) is 1. The fourth-order valence-electron chi connectivity index (χ4n) is 3.21. The van der Waals surface area contributed by atoms with Crippen LogP contribution in [0.1, 0.15) is 19.8 Å². The van der Waals surface area contributed by atoms with Gasteiger partial charge in [0, 0.05) is 19.1 Å². The maximum absolute atomic E-state index is 5.68. The Bertz CT molecular complexity index is 407. The summed E-state index contributed by atoms with van der Waals surface area (Å²) in [6, 6.07) is 8.91. The molecule has 1 aromatic carbocycles. The lowest BCUT2D eigenvalue weighted by Crippen LogP contribution is -2.39. The van der Waals surface area contributed by atoms with Gasteiger partial charge in [0.05, 0.1) is 12.3 Å². The van der Waals surface area contributed by atoms with Crippen molar-refractivity contribution in [1.82, 2.24) is 4.90 Å². The summed E-state index contributed by atoms with van der Waals surface area (Å²) in [6.45, 7) is 6.56. The van der Waals surface area contributed by atoms with Crippen molar-refractivity contribution in [2.24, 2.45) is 5.92 Å². The number of piperidine rings is 1. The molecule has 2 bridgehead atoms. The molecule has 0 aliphatic carbocycles. The maximum atomic E-state index is 5.68. The van der Waals surface area contributed by atoms with E-state index in [1.807, 2.05) is 13.0 Å². The second-order valence-corrected chi connectivity index (χ2v) is 5.32. The van der Waals surface area contributed by atoms with Crippen LogP contribution in [0.5, 0.6) is 5.75 Å². The number of para-hydroxylation sites is 2. The van der Waals surface area contributed by atoms with Crippen molar-refractivity contribution >= 4 is 5.69 Å². The highest BCUT2D eigenvalue weighted by Gasteiger charge is 2.34. The fourth-order valence-corrected chi connectivity index (χ4v) is 3.21. The smallest absolute Gasteiger partial charge is 0.142 e. The number of hydrogen-bond acceptors (Lipinski definition) is 3. The van der Waals surface area contributed by atoms with Gasteiger partial charge in [0.2, 0.25) is 0 Å². The van der Waals surface area contributed by atoms with Crippen molar-refractivity contribution in [3.05, 3.63) is 24.3 Å². The number of benzene rings is 1. The SMILES string of the molecule is CCOc1ccccc1NC1CCN2CCC1C2. The lowest BCUT2D eigenvalue weighted by atomic mass is 9.94. The monoisotopic (exact) mass is 246 g/mol. The number of ether oxygens (including phenoxy) is 1. The molecular formula is C15H22N2O. The minimum Gasteiger partial charge on any atom is -0.492 e. The molecule has 0 saturated carbocycles. The molecule has 3 atom stereocenters. The predicted molar refractivity (Wildman–Crippen MR) is 74.2 cm³/mol. The first-order valence-corrected chi connectivity index (χ1v) is 7.07. The van der Waals surface area contributed by atoms with E-state index < -0.39 is 0 Å². The Morgan fingerprint density at radius 1 is 1.28 bits per heavy atom. The molecule has 3 heteroatoms. The molecule has 18 heavy (non-hydrogen) atoms. The van der Waals surface area contributed by atoms with E-state index >= 15 is 0 Å². The van der Waals surface area contributed by atoms with Gasteiger partial charge in [-0.05, 0) is 44.4 Å². The van der Waals surface area contributed by atoms with E-state index in [1.54, 1.807) is 0 Å². The molecule has 3 nitrogen and oxygen atoms in total. The minimum absolute atomic E-state index is 0.616. The van der Waals surface area contributed by atoms with Crippen molar-refractivity contribution in [1.29, 1.82) is 0 Å². The predicted octanol–water partition coefficient (Wildman–Crippen LogP) is 2.59. The van der Waals surface area contributed by atoms with Gasteiger partial charge in [-0.3, -0.25) is 0 Å². The standard InChI is InChI=1S/C15H22N2O/c1-2-18-15-6-4-3-5-14(15)16-13-8-10-17-9-7-12(13)11-17/h3-6,12-13,16H,2,7-11H2,1H3. The molecule has 1 aromatic rings. The Balaban J connectivity index is 1.72. The lowest BCUT2D eigenvalue weighted by Gasteiger charge is -2.32.